The minimum absolute atomic E-state index is 0.829. The number of nitrogens with two attached hydrogens (primary N) is 1. The molecule has 0 amide bonds. The van der Waals surface area contributed by atoms with Crippen LogP contribution in [0.25, 0.3) is 0 Å². The first-order chi connectivity index (χ1) is 5.79. The Morgan fingerprint density at radius 1 is 0.917 bits per heavy atom. The third kappa shape index (κ3) is 6.62. The van der Waals surface area contributed by atoms with E-state index < -0.39 is 0 Å². The van der Waals surface area contributed by atoms with Gasteiger partial charge in [-0.15, -0.1) is 26.3 Å². The summed E-state index contributed by atoms with van der Waals surface area (Å²) >= 11 is 0. The zero-order valence-corrected chi connectivity index (χ0v) is 7.72. The molecule has 0 unspecified atom stereocenters. The molecule has 1 rings (SSSR count). The third-order valence-electron chi connectivity index (χ3n) is 1.08. The first-order valence-electron chi connectivity index (χ1n) is 3.61. The molecule has 0 saturated carbocycles. The molecule has 2 N–H and O–H groups in total. The lowest BCUT2D eigenvalue weighted by atomic mass is 10.2. The van der Waals surface area contributed by atoms with E-state index in [-0.39, 0.29) is 0 Å². The molecule has 1 aromatic rings. The van der Waals surface area contributed by atoms with E-state index in [9.17, 15) is 0 Å². The van der Waals surface area contributed by atoms with E-state index >= 15 is 0 Å². The molecular formula is C11H17N. The monoisotopic (exact) mass is 163 g/mol. The molecule has 0 spiro atoms. The van der Waals surface area contributed by atoms with Crippen LogP contribution < -0.4 is 5.73 Å². The van der Waals surface area contributed by atoms with Gasteiger partial charge in [-0.2, -0.15) is 0 Å². The van der Waals surface area contributed by atoms with Crippen LogP contribution in [0.5, 0.6) is 0 Å². The maximum atomic E-state index is 5.43. The Kier molecular flexibility index (Phi) is 10.4. The van der Waals surface area contributed by atoms with Gasteiger partial charge in [0.05, 0.1) is 0 Å². The topological polar surface area (TPSA) is 26.0 Å². The van der Waals surface area contributed by atoms with Gasteiger partial charge in [0.25, 0.3) is 0 Å². The van der Waals surface area contributed by atoms with Crippen molar-refractivity contribution in [2.24, 2.45) is 0 Å². The summed E-state index contributed by atoms with van der Waals surface area (Å²) in [6.45, 7) is 14.0. The van der Waals surface area contributed by atoms with Crippen molar-refractivity contribution < 1.29 is 0 Å². The Labute approximate surface area is 75.2 Å². The summed E-state index contributed by atoms with van der Waals surface area (Å²) in [6.07, 6.45) is 0. The van der Waals surface area contributed by atoms with Gasteiger partial charge in [-0.1, -0.05) is 17.7 Å². The number of anilines is 1. The molecule has 0 bridgehead atoms. The van der Waals surface area contributed by atoms with E-state index in [0.717, 1.165) is 5.69 Å². The van der Waals surface area contributed by atoms with Gasteiger partial charge in [-0.3, -0.25) is 0 Å². The molecule has 0 aliphatic carbocycles. The van der Waals surface area contributed by atoms with E-state index in [1.165, 1.54) is 5.56 Å². The van der Waals surface area contributed by atoms with Crippen molar-refractivity contribution in [3.8, 4) is 0 Å². The van der Waals surface area contributed by atoms with Crippen LogP contribution in [0.1, 0.15) is 5.56 Å². The summed E-state index contributed by atoms with van der Waals surface area (Å²) in [4.78, 5) is 0. The van der Waals surface area contributed by atoms with Crippen LogP contribution >= 0.6 is 0 Å². The largest absolute Gasteiger partial charge is 0.399 e. The van der Waals surface area contributed by atoms with Crippen LogP contribution in [0.4, 0.5) is 5.69 Å². The molecule has 0 aromatic heterocycles. The average molecular weight is 163 g/mol. The number of hydrogen-bond donors (Lipinski definition) is 1. The zero-order chi connectivity index (χ0) is 9.98. The molecule has 12 heavy (non-hydrogen) atoms. The molecule has 0 aliphatic heterocycles. The van der Waals surface area contributed by atoms with Crippen LogP contribution in [0.3, 0.4) is 0 Å². The van der Waals surface area contributed by atoms with Crippen LogP contribution in [0.2, 0.25) is 0 Å². The normalized spacial score (nSPS) is 6.75. The standard InChI is InChI=1S/C7H9N.2C2H4/c1-6-2-4-7(8)5-3-6;2*1-2/h2-5H,8H2,1H3;2*1-2H2. The average Bonchev–Trinajstić information content (AvgIpc) is 2.17. The van der Waals surface area contributed by atoms with Gasteiger partial charge in [-0.25, -0.2) is 0 Å². The van der Waals surface area contributed by atoms with Crippen molar-refractivity contribution >= 4 is 5.69 Å². The van der Waals surface area contributed by atoms with Crippen molar-refractivity contribution in [2.75, 3.05) is 5.73 Å². The van der Waals surface area contributed by atoms with Crippen molar-refractivity contribution in [3.63, 3.8) is 0 Å². The number of hydrogen-bond acceptors (Lipinski definition) is 1. The highest BCUT2D eigenvalue weighted by Crippen LogP contribution is 2.02. The SMILES string of the molecule is C=C.C=C.Cc1ccc(N)cc1. The quantitative estimate of drug-likeness (QED) is 0.461. The van der Waals surface area contributed by atoms with E-state index in [4.69, 9.17) is 5.73 Å². The minimum Gasteiger partial charge on any atom is -0.399 e. The van der Waals surface area contributed by atoms with Crippen molar-refractivity contribution in [1.29, 1.82) is 0 Å². The number of aryl methyl sites for hydroxylation is 1. The summed E-state index contributed by atoms with van der Waals surface area (Å²) in [5.74, 6) is 0. The predicted molar refractivity (Wildman–Crippen MR) is 58.1 cm³/mol. The van der Waals surface area contributed by atoms with Crippen molar-refractivity contribution in [2.45, 2.75) is 6.92 Å². The molecule has 1 aromatic carbocycles. The minimum atomic E-state index is 0.829. The predicted octanol–water partition coefficient (Wildman–Crippen LogP) is 3.18. The maximum absolute atomic E-state index is 5.43. The summed E-state index contributed by atoms with van der Waals surface area (Å²) < 4.78 is 0. The second-order valence-electron chi connectivity index (χ2n) is 1.91. The Hall–Kier alpha value is -1.50. The third-order valence-corrected chi connectivity index (χ3v) is 1.08. The van der Waals surface area contributed by atoms with Crippen LogP contribution in [-0.4, -0.2) is 0 Å². The highest BCUT2D eigenvalue weighted by molar-refractivity contribution is 5.38. The molecule has 1 heteroatoms. The Morgan fingerprint density at radius 2 is 1.25 bits per heavy atom. The maximum Gasteiger partial charge on any atom is 0.0314 e. The molecule has 0 aliphatic rings. The van der Waals surface area contributed by atoms with Gasteiger partial charge >= 0.3 is 0 Å². The highest BCUT2D eigenvalue weighted by Gasteiger charge is 1.80. The molecule has 0 radical (unpaired) electrons. The second-order valence-corrected chi connectivity index (χ2v) is 1.91. The summed E-state index contributed by atoms with van der Waals surface area (Å²) in [5, 5.41) is 0. The smallest absolute Gasteiger partial charge is 0.0314 e. The molecule has 66 valence electrons. The lowest BCUT2D eigenvalue weighted by molar-refractivity contribution is 1.47. The fourth-order valence-electron chi connectivity index (χ4n) is 0.566. The first-order valence-corrected chi connectivity index (χ1v) is 3.61. The first kappa shape index (κ1) is 13.1. The fraction of sp³-hybridized carbons (Fsp3) is 0.0909. The molecule has 0 heterocycles. The van der Waals surface area contributed by atoms with E-state index in [1.807, 2.05) is 31.2 Å². The second kappa shape index (κ2) is 9.50. The summed E-state index contributed by atoms with van der Waals surface area (Å²) in [6, 6.07) is 7.79. The Balaban J connectivity index is 0. The van der Waals surface area contributed by atoms with Gasteiger partial charge in [0, 0.05) is 5.69 Å². The van der Waals surface area contributed by atoms with E-state index in [2.05, 4.69) is 26.3 Å². The molecule has 0 saturated heterocycles. The number of benzene rings is 1. The van der Waals surface area contributed by atoms with E-state index in [0.29, 0.717) is 0 Å². The molecule has 0 fully saturated rings. The zero-order valence-electron chi connectivity index (χ0n) is 7.72. The molecule has 0 atom stereocenters. The van der Waals surface area contributed by atoms with Crippen LogP contribution in [-0.2, 0) is 0 Å². The molecular weight excluding hydrogens is 146 g/mol. The number of rotatable bonds is 0. The van der Waals surface area contributed by atoms with Crippen molar-refractivity contribution in [1.82, 2.24) is 0 Å². The Morgan fingerprint density at radius 3 is 1.50 bits per heavy atom. The van der Waals surface area contributed by atoms with Gasteiger partial charge in [0.1, 0.15) is 0 Å². The highest BCUT2D eigenvalue weighted by atomic mass is 14.5. The van der Waals surface area contributed by atoms with Crippen molar-refractivity contribution in [3.05, 3.63) is 56.1 Å². The van der Waals surface area contributed by atoms with Gasteiger partial charge in [0.2, 0.25) is 0 Å². The summed E-state index contributed by atoms with van der Waals surface area (Å²) in [7, 11) is 0. The lowest BCUT2D eigenvalue weighted by Crippen LogP contribution is -1.81. The van der Waals surface area contributed by atoms with Gasteiger partial charge < -0.3 is 5.73 Å². The van der Waals surface area contributed by atoms with Gasteiger partial charge in [0.15, 0.2) is 0 Å². The summed E-state index contributed by atoms with van der Waals surface area (Å²) in [5.41, 5.74) is 7.51. The lowest BCUT2D eigenvalue weighted by Gasteiger charge is -1.90. The van der Waals surface area contributed by atoms with Gasteiger partial charge in [-0.05, 0) is 19.1 Å². The number of nitrogen functional groups attached to an aromatic ring is 1. The fourth-order valence-corrected chi connectivity index (χ4v) is 0.566. The van der Waals surface area contributed by atoms with Crippen LogP contribution in [0.15, 0.2) is 50.6 Å². The Bertz CT molecular complexity index is 166. The molecule has 1 nitrogen and oxygen atoms in total. The van der Waals surface area contributed by atoms with Crippen LogP contribution in [0, 0.1) is 6.92 Å². The van der Waals surface area contributed by atoms with E-state index in [1.54, 1.807) is 0 Å².